The first-order chi connectivity index (χ1) is 7.90. The predicted octanol–water partition coefficient (Wildman–Crippen LogP) is 2.77. The lowest BCUT2D eigenvalue weighted by Crippen LogP contribution is -2.51. The third-order valence-electron chi connectivity index (χ3n) is 3.86. The van der Waals surface area contributed by atoms with Gasteiger partial charge in [0, 0.05) is 23.8 Å². The van der Waals surface area contributed by atoms with E-state index in [1.54, 1.807) is 0 Å². The fourth-order valence-electron chi connectivity index (χ4n) is 3.15. The Balaban J connectivity index is 1.63. The summed E-state index contributed by atoms with van der Waals surface area (Å²) in [4.78, 5) is 0. The molecule has 2 fully saturated rings. The highest BCUT2D eigenvalue weighted by Gasteiger charge is 2.30. The normalized spacial score (nSPS) is 33.4. The molecule has 2 bridgehead atoms. The van der Waals surface area contributed by atoms with Crippen molar-refractivity contribution in [1.29, 1.82) is 0 Å². The summed E-state index contributed by atoms with van der Waals surface area (Å²) in [5.74, 6) is 0. The largest absolute Gasteiger partial charge is 0.382 e. The predicted molar refractivity (Wildman–Crippen MR) is 67.6 cm³/mol. The maximum atomic E-state index is 3.73. The highest BCUT2D eigenvalue weighted by Crippen LogP contribution is 2.27. The monoisotopic (exact) mass is 216 g/mol. The quantitative estimate of drug-likeness (QED) is 0.794. The number of nitrogens with one attached hydrogen (secondary N) is 2. The van der Waals surface area contributed by atoms with Crippen molar-refractivity contribution < 1.29 is 0 Å². The number of anilines is 1. The Hall–Kier alpha value is -1.02. The number of hydrogen-bond acceptors (Lipinski definition) is 2. The second kappa shape index (κ2) is 4.46. The fraction of sp³-hybridized carbons (Fsp3) is 0.571. The standard InChI is InChI=1S/C14H20N2/c1-2-5-11(6-3-1)15-14-9-12-7-4-8-13(10-14)16-12/h1-3,5-6,12-16H,4,7-10H2. The van der Waals surface area contributed by atoms with Crippen molar-refractivity contribution >= 4 is 5.69 Å². The number of piperidine rings is 2. The van der Waals surface area contributed by atoms with Gasteiger partial charge in [-0.1, -0.05) is 24.6 Å². The lowest BCUT2D eigenvalue weighted by molar-refractivity contribution is 0.230. The SMILES string of the molecule is c1ccc(NC2CC3CCCC(C2)N3)cc1. The minimum atomic E-state index is 0.666. The molecule has 86 valence electrons. The van der Waals surface area contributed by atoms with Crippen molar-refractivity contribution in [2.24, 2.45) is 0 Å². The molecule has 0 saturated carbocycles. The van der Waals surface area contributed by atoms with Crippen LogP contribution in [0.25, 0.3) is 0 Å². The highest BCUT2D eigenvalue weighted by atomic mass is 15.0. The molecule has 0 aliphatic carbocycles. The summed E-state index contributed by atoms with van der Waals surface area (Å²) in [6.45, 7) is 0. The van der Waals surface area contributed by atoms with Gasteiger partial charge in [-0.2, -0.15) is 0 Å². The molecule has 1 aromatic carbocycles. The first-order valence-corrected chi connectivity index (χ1v) is 6.48. The van der Waals surface area contributed by atoms with Gasteiger partial charge >= 0.3 is 0 Å². The average molecular weight is 216 g/mol. The smallest absolute Gasteiger partial charge is 0.0342 e. The van der Waals surface area contributed by atoms with Crippen LogP contribution in [-0.4, -0.2) is 18.1 Å². The molecule has 2 N–H and O–H groups in total. The molecule has 2 nitrogen and oxygen atoms in total. The van der Waals surface area contributed by atoms with Gasteiger partial charge in [-0.05, 0) is 37.8 Å². The zero-order chi connectivity index (χ0) is 10.8. The minimum Gasteiger partial charge on any atom is -0.382 e. The van der Waals surface area contributed by atoms with E-state index >= 15 is 0 Å². The van der Waals surface area contributed by atoms with Crippen LogP contribution in [0.3, 0.4) is 0 Å². The molecule has 0 radical (unpaired) electrons. The highest BCUT2D eigenvalue weighted by molar-refractivity contribution is 5.43. The van der Waals surface area contributed by atoms with E-state index in [1.807, 2.05) is 0 Å². The molecule has 2 heterocycles. The van der Waals surface area contributed by atoms with Gasteiger partial charge in [-0.15, -0.1) is 0 Å². The zero-order valence-corrected chi connectivity index (χ0v) is 9.65. The van der Waals surface area contributed by atoms with Crippen LogP contribution in [0.5, 0.6) is 0 Å². The Kier molecular flexibility index (Phi) is 2.83. The van der Waals surface area contributed by atoms with Gasteiger partial charge in [0.25, 0.3) is 0 Å². The topological polar surface area (TPSA) is 24.1 Å². The summed E-state index contributed by atoms with van der Waals surface area (Å²) in [5, 5.41) is 7.40. The fourth-order valence-corrected chi connectivity index (χ4v) is 3.15. The van der Waals surface area contributed by atoms with E-state index in [9.17, 15) is 0 Å². The van der Waals surface area contributed by atoms with Gasteiger partial charge in [0.2, 0.25) is 0 Å². The molecule has 2 heteroatoms. The van der Waals surface area contributed by atoms with Gasteiger partial charge in [0.15, 0.2) is 0 Å². The summed E-state index contributed by atoms with van der Waals surface area (Å²) in [7, 11) is 0. The Morgan fingerprint density at radius 3 is 2.38 bits per heavy atom. The van der Waals surface area contributed by atoms with Crippen LogP contribution >= 0.6 is 0 Å². The number of para-hydroxylation sites is 1. The van der Waals surface area contributed by atoms with Gasteiger partial charge in [-0.25, -0.2) is 0 Å². The molecule has 3 rings (SSSR count). The lowest BCUT2D eigenvalue weighted by Gasteiger charge is -2.40. The third-order valence-corrected chi connectivity index (χ3v) is 3.86. The molecule has 2 atom stereocenters. The third kappa shape index (κ3) is 2.22. The first-order valence-electron chi connectivity index (χ1n) is 6.48. The Morgan fingerprint density at radius 2 is 1.69 bits per heavy atom. The van der Waals surface area contributed by atoms with Crippen molar-refractivity contribution in [3.63, 3.8) is 0 Å². The van der Waals surface area contributed by atoms with E-state index in [-0.39, 0.29) is 0 Å². The Morgan fingerprint density at radius 1 is 1.00 bits per heavy atom. The van der Waals surface area contributed by atoms with Crippen molar-refractivity contribution in [2.45, 2.75) is 50.2 Å². The molecular formula is C14H20N2. The Bertz CT molecular complexity index is 324. The van der Waals surface area contributed by atoms with E-state index in [0.29, 0.717) is 6.04 Å². The molecule has 2 saturated heterocycles. The van der Waals surface area contributed by atoms with Crippen molar-refractivity contribution in [1.82, 2.24) is 5.32 Å². The van der Waals surface area contributed by atoms with E-state index in [1.165, 1.54) is 37.8 Å². The summed E-state index contributed by atoms with van der Waals surface area (Å²) >= 11 is 0. The summed E-state index contributed by atoms with van der Waals surface area (Å²) in [6, 6.07) is 12.8. The maximum absolute atomic E-state index is 3.73. The van der Waals surface area contributed by atoms with Crippen molar-refractivity contribution in [3.05, 3.63) is 30.3 Å². The van der Waals surface area contributed by atoms with Gasteiger partial charge in [-0.3, -0.25) is 0 Å². The van der Waals surface area contributed by atoms with Crippen LogP contribution in [0.4, 0.5) is 5.69 Å². The zero-order valence-electron chi connectivity index (χ0n) is 9.65. The van der Waals surface area contributed by atoms with E-state index < -0.39 is 0 Å². The minimum absolute atomic E-state index is 0.666. The second-order valence-corrected chi connectivity index (χ2v) is 5.17. The summed E-state index contributed by atoms with van der Waals surface area (Å²) < 4.78 is 0. The van der Waals surface area contributed by atoms with Crippen LogP contribution in [-0.2, 0) is 0 Å². The molecule has 2 aliphatic heterocycles. The molecule has 16 heavy (non-hydrogen) atoms. The lowest BCUT2D eigenvalue weighted by atomic mass is 9.84. The van der Waals surface area contributed by atoms with Crippen LogP contribution in [0, 0.1) is 0 Å². The van der Waals surface area contributed by atoms with E-state index in [2.05, 4.69) is 41.0 Å². The number of rotatable bonds is 2. The van der Waals surface area contributed by atoms with Crippen LogP contribution in [0.15, 0.2) is 30.3 Å². The molecule has 0 amide bonds. The number of hydrogen-bond donors (Lipinski definition) is 2. The molecule has 1 aromatic rings. The van der Waals surface area contributed by atoms with Crippen LogP contribution in [0.1, 0.15) is 32.1 Å². The molecule has 0 spiro atoms. The Labute approximate surface area is 97.4 Å². The molecule has 2 aliphatic rings. The average Bonchev–Trinajstić information content (AvgIpc) is 2.30. The first kappa shape index (κ1) is 10.2. The van der Waals surface area contributed by atoms with Crippen LogP contribution < -0.4 is 10.6 Å². The molecular weight excluding hydrogens is 196 g/mol. The van der Waals surface area contributed by atoms with Crippen molar-refractivity contribution in [2.75, 3.05) is 5.32 Å². The second-order valence-electron chi connectivity index (χ2n) is 5.17. The van der Waals surface area contributed by atoms with E-state index in [0.717, 1.165) is 12.1 Å². The van der Waals surface area contributed by atoms with Gasteiger partial charge in [0.1, 0.15) is 0 Å². The van der Waals surface area contributed by atoms with E-state index in [4.69, 9.17) is 0 Å². The summed E-state index contributed by atoms with van der Waals surface area (Å²) in [5.41, 5.74) is 1.27. The van der Waals surface area contributed by atoms with Gasteiger partial charge in [0.05, 0.1) is 0 Å². The van der Waals surface area contributed by atoms with Crippen molar-refractivity contribution in [3.8, 4) is 0 Å². The molecule has 0 aromatic heterocycles. The van der Waals surface area contributed by atoms with Crippen LogP contribution in [0.2, 0.25) is 0 Å². The number of benzene rings is 1. The molecule has 2 unspecified atom stereocenters. The van der Waals surface area contributed by atoms with Gasteiger partial charge < -0.3 is 10.6 Å². The number of fused-ring (bicyclic) bond motifs is 2. The summed E-state index contributed by atoms with van der Waals surface area (Å²) in [6.07, 6.45) is 6.71. The maximum Gasteiger partial charge on any atom is 0.0342 e.